The molecule has 3 nitrogen and oxygen atoms in total. The molecule has 2 rings (SSSR count). The maximum absolute atomic E-state index is 13.1. The Balaban J connectivity index is 2.52. The van der Waals surface area contributed by atoms with Crippen LogP contribution in [0.1, 0.15) is 30.9 Å². The van der Waals surface area contributed by atoms with Crippen molar-refractivity contribution in [1.82, 2.24) is 0 Å². The first-order valence-corrected chi connectivity index (χ1v) is 5.94. The summed E-state index contributed by atoms with van der Waals surface area (Å²) < 4.78 is 26.1. The van der Waals surface area contributed by atoms with Gasteiger partial charge in [-0.2, -0.15) is 0 Å². The van der Waals surface area contributed by atoms with Gasteiger partial charge in [-0.05, 0) is 30.5 Å². The fraction of sp³-hybridized carbons (Fsp3) is 0.462. The Morgan fingerprint density at radius 3 is 2.78 bits per heavy atom. The van der Waals surface area contributed by atoms with Crippen LogP contribution in [0.25, 0.3) is 0 Å². The number of alkyl halides is 2. The number of aryl methyl sites for hydroxylation is 1. The molecule has 0 fully saturated rings. The standard InChI is InChI=1S/C13H16F2N2O/c1-8(18)17(2)12-6-9-4-3-5-16-11(9)7-10(12)13(14)15/h6-7,13,16H,3-5H2,1-2H3. The average Bonchev–Trinajstić information content (AvgIpc) is 2.36. The van der Waals surface area contributed by atoms with Crippen molar-refractivity contribution in [3.8, 4) is 0 Å². The molecule has 1 N–H and O–H groups in total. The molecule has 18 heavy (non-hydrogen) atoms. The lowest BCUT2D eigenvalue weighted by atomic mass is 9.99. The van der Waals surface area contributed by atoms with Gasteiger partial charge in [0, 0.05) is 31.8 Å². The summed E-state index contributed by atoms with van der Waals surface area (Å²) in [6.07, 6.45) is -0.759. The lowest BCUT2D eigenvalue weighted by Crippen LogP contribution is -2.25. The summed E-state index contributed by atoms with van der Waals surface area (Å²) in [5.41, 5.74) is 1.96. The van der Waals surface area contributed by atoms with Crippen LogP contribution in [-0.2, 0) is 11.2 Å². The van der Waals surface area contributed by atoms with Gasteiger partial charge in [0.05, 0.1) is 5.69 Å². The summed E-state index contributed by atoms with van der Waals surface area (Å²) >= 11 is 0. The zero-order chi connectivity index (χ0) is 13.3. The summed E-state index contributed by atoms with van der Waals surface area (Å²) in [5, 5.41) is 3.12. The van der Waals surface area contributed by atoms with Gasteiger partial charge in [-0.15, -0.1) is 0 Å². The van der Waals surface area contributed by atoms with Crippen LogP contribution >= 0.6 is 0 Å². The first-order chi connectivity index (χ1) is 8.50. The van der Waals surface area contributed by atoms with Gasteiger partial charge in [0.1, 0.15) is 0 Å². The number of halogens is 2. The number of amides is 1. The van der Waals surface area contributed by atoms with E-state index in [-0.39, 0.29) is 11.5 Å². The molecule has 98 valence electrons. The molecule has 0 aliphatic carbocycles. The van der Waals surface area contributed by atoms with Gasteiger partial charge in [0.2, 0.25) is 5.91 Å². The highest BCUT2D eigenvalue weighted by atomic mass is 19.3. The first-order valence-electron chi connectivity index (χ1n) is 5.94. The van der Waals surface area contributed by atoms with Crippen molar-refractivity contribution >= 4 is 17.3 Å². The van der Waals surface area contributed by atoms with Crippen LogP contribution in [0.2, 0.25) is 0 Å². The molecule has 5 heteroatoms. The third-order valence-electron chi connectivity index (χ3n) is 3.26. The topological polar surface area (TPSA) is 32.3 Å². The Morgan fingerprint density at radius 2 is 2.17 bits per heavy atom. The van der Waals surface area contributed by atoms with Crippen LogP contribution < -0.4 is 10.2 Å². The van der Waals surface area contributed by atoms with Crippen molar-refractivity contribution < 1.29 is 13.6 Å². The normalized spacial score (nSPS) is 14.1. The van der Waals surface area contributed by atoms with Crippen LogP contribution in [0.4, 0.5) is 20.2 Å². The average molecular weight is 254 g/mol. The number of carbonyl (C=O) groups excluding carboxylic acids is 1. The van der Waals surface area contributed by atoms with E-state index >= 15 is 0 Å². The van der Waals surface area contributed by atoms with Crippen LogP contribution in [0.15, 0.2) is 12.1 Å². The van der Waals surface area contributed by atoms with Crippen molar-refractivity contribution in [1.29, 1.82) is 0 Å². The molecule has 0 spiro atoms. The molecule has 0 atom stereocenters. The molecule has 1 heterocycles. The van der Waals surface area contributed by atoms with E-state index in [2.05, 4.69) is 5.32 Å². The number of benzene rings is 1. The van der Waals surface area contributed by atoms with Crippen LogP contribution in [0, 0.1) is 0 Å². The van der Waals surface area contributed by atoms with E-state index in [9.17, 15) is 13.6 Å². The Bertz CT molecular complexity index is 474. The van der Waals surface area contributed by atoms with E-state index in [1.165, 1.54) is 24.9 Å². The summed E-state index contributed by atoms with van der Waals surface area (Å²) in [4.78, 5) is 12.6. The largest absolute Gasteiger partial charge is 0.385 e. The summed E-state index contributed by atoms with van der Waals surface area (Å²) in [5.74, 6) is -0.249. The number of nitrogens with zero attached hydrogens (tertiary/aromatic N) is 1. The highest BCUT2D eigenvalue weighted by molar-refractivity contribution is 5.92. The lowest BCUT2D eigenvalue weighted by molar-refractivity contribution is -0.116. The van der Waals surface area contributed by atoms with Gasteiger partial charge in [0.15, 0.2) is 0 Å². The number of nitrogens with one attached hydrogen (secondary N) is 1. The zero-order valence-electron chi connectivity index (χ0n) is 10.5. The third-order valence-corrected chi connectivity index (χ3v) is 3.26. The van der Waals surface area contributed by atoms with Gasteiger partial charge in [-0.3, -0.25) is 4.79 Å². The fourth-order valence-corrected chi connectivity index (χ4v) is 2.16. The SMILES string of the molecule is CC(=O)N(C)c1cc2c(cc1C(F)F)NCCC2. The second-order valence-electron chi connectivity index (χ2n) is 4.48. The van der Waals surface area contributed by atoms with E-state index in [1.807, 2.05) is 0 Å². The quantitative estimate of drug-likeness (QED) is 0.880. The van der Waals surface area contributed by atoms with E-state index in [0.29, 0.717) is 5.69 Å². The maximum atomic E-state index is 13.1. The molecule has 1 amide bonds. The molecular formula is C13H16F2N2O. The van der Waals surface area contributed by atoms with E-state index in [0.717, 1.165) is 30.6 Å². The van der Waals surface area contributed by atoms with Gasteiger partial charge < -0.3 is 10.2 Å². The minimum absolute atomic E-state index is 0.0964. The first kappa shape index (κ1) is 12.8. The number of fused-ring (bicyclic) bond motifs is 1. The predicted octanol–water partition coefficient (Wildman–Crippen LogP) is 2.97. The van der Waals surface area contributed by atoms with E-state index < -0.39 is 6.43 Å². The van der Waals surface area contributed by atoms with Gasteiger partial charge >= 0.3 is 0 Å². The van der Waals surface area contributed by atoms with Crippen molar-refractivity contribution in [2.75, 3.05) is 23.8 Å². The molecule has 1 aliphatic rings. The van der Waals surface area contributed by atoms with E-state index in [4.69, 9.17) is 0 Å². The third kappa shape index (κ3) is 2.30. The monoisotopic (exact) mass is 254 g/mol. The summed E-state index contributed by atoms with van der Waals surface area (Å²) in [6, 6.07) is 3.16. The maximum Gasteiger partial charge on any atom is 0.265 e. The molecular weight excluding hydrogens is 238 g/mol. The number of hydrogen-bond acceptors (Lipinski definition) is 2. The summed E-state index contributed by atoms with van der Waals surface area (Å²) in [7, 11) is 1.52. The number of rotatable bonds is 2. The second kappa shape index (κ2) is 4.92. The Labute approximate surface area is 105 Å². The Kier molecular flexibility index (Phi) is 3.50. The predicted molar refractivity (Wildman–Crippen MR) is 67.3 cm³/mol. The fourth-order valence-electron chi connectivity index (χ4n) is 2.16. The number of anilines is 2. The minimum Gasteiger partial charge on any atom is -0.385 e. The second-order valence-corrected chi connectivity index (χ2v) is 4.48. The van der Waals surface area contributed by atoms with Crippen LogP contribution in [-0.4, -0.2) is 19.5 Å². The number of carbonyl (C=O) groups is 1. The zero-order valence-corrected chi connectivity index (χ0v) is 10.5. The Morgan fingerprint density at radius 1 is 1.44 bits per heavy atom. The number of hydrogen-bond donors (Lipinski definition) is 1. The Hall–Kier alpha value is -1.65. The molecule has 0 unspecified atom stereocenters. The smallest absolute Gasteiger partial charge is 0.265 e. The van der Waals surface area contributed by atoms with Gasteiger partial charge in [-0.1, -0.05) is 0 Å². The molecule has 1 aliphatic heterocycles. The molecule has 0 saturated carbocycles. The highest BCUT2D eigenvalue weighted by Gasteiger charge is 2.21. The molecule has 1 aromatic carbocycles. The van der Waals surface area contributed by atoms with E-state index in [1.54, 1.807) is 6.07 Å². The molecule has 0 radical (unpaired) electrons. The molecule has 0 aromatic heterocycles. The lowest BCUT2D eigenvalue weighted by Gasteiger charge is -2.25. The van der Waals surface area contributed by atoms with Crippen LogP contribution in [0.3, 0.4) is 0 Å². The van der Waals surface area contributed by atoms with Gasteiger partial charge in [0.25, 0.3) is 6.43 Å². The van der Waals surface area contributed by atoms with Gasteiger partial charge in [-0.25, -0.2) is 8.78 Å². The molecule has 0 bridgehead atoms. The van der Waals surface area contributed by atoms with Crippen molar-refractivity contribution in [2.24, 2.45) is 0 Å². The van der Waals surface area contributed by atoms with Crippen molar-refractivity contribution in [3.05, 3.63) is 23.3 Å². The minimum atomic E-state index is -2.59. The molecule has 1 aromatic rings. The highest BCUT2D eigenvalue weighted by Crippen LogP contribution is 2.36. The van der Waals surface area contributed by atoms with Crippen molar-refractivity contribution in [2.45, 2.75) is 26.2 Å². The van der Waals surface area contributed by atoms with Crippen molar-refractivity contribution in [3.63, 3.8) is 0 Å². The molecule has 0 saturated heterocycles. The van der Waals surface area contributed by atoms with Crippen LogP contribution in [0.5, 0.6) is 0 Å². The summed E-state index contributed by atoms with van der Waals surface area (Å²) in [6.45, 7) is 2.17.